The third-order valence-corrected chi connectivity index (χ3v) is 9.07. The van der Waals surface area contributed by atoms with E-state index >= 15 is 0 Å². The zero-order chi connectivity index (χ0) is 29.8. The van der Waals surface area contributed by atoms with Crippen LogP contribution >= 0.6 is 0 Å². The van der Waals surface area contributed by atoms with Crippen LogP contribution in [0.15, 0.2) is 80.2 Å². The molecular formula is C21H16N2O13S4. The molecule has 0 heterocycles. The van der Waals surface area contributed by atoms with Gasteiger partial charge in [0.2, 0.25) is 0 Å². The molecule has 0 radical (unpaired) electrons. The van der Waals surface area contributed by atoms with Gasteiger partial charge in [-0.3, -0.25) is 18.2 Å². The van der Waals surface area contributed by atoms with E-state index in [4.69, 9.17) is 0 Å². The van der Waals surface area contributed by atoms with E-state index in [9.17, 15) is 56.7 Å². The minimum Gasteiger partial charge on any atom is -0.307 e. The molecule has 0 spiro atoms. The van der Waals surface area contributed by atoms with Crippen LogP contribution in [0.4, 0.5) is 16.2 Å². The Balaban J connectivity index is 1.83. The molecule has 40 heavy (non-hydrogen) atoms. The van der Waals surface area contributed by atoms with Crippen molar-refractivity contribution < 1.29 is 56.7 Å². The molecule has 0 aromatic heterocycles. The van der Waals surface area contributed by atoms with Gasteiger partial charge in [-0.05, 0) is 48.5 Å². The maximum Gasteiger partial charge on any atom is 0.323 e. The Hall–Kier alpha value is -3.69. The van der Waals surface area contributed by atoms with Crippen molar-refractivity contribution in [2.24, 2.45) is 0 Å². The van der Waals surface area contributed by atoms with Crippen LogP contribution in [0.5, 0.6) is 0 Å². The first-order valence-electron chi connectivity index (χ1n) is 10.4. The topological polar surface area (TPSA) is 259 Å². The number of nitrogens with one attached hydrogen (secondary N) is 2. The number of anilines is 2. The van der Waals surface area contributed by atoms with Crippen LogP contribution in [0.3, 0.4) is 0 Å². The number of fused-ring (bicyclic) bond motifs is 2. The number of rotatable bonds is 6. The Morgan fingerprint density at radius 2 is 0.825 bits per heavy atom. The molecule has 0 saturated heterocycles. The molecule has 212 valence electrons. The maximum absolute atomic E-state index is 12.9. The summed E-state index contributed by atoms with van der Waals surface area (Å²) in [6.07, 6.45) is 0. The van der Waals surface area contributed by atoms with Gasteiger partial charge in [0.05, 0.1) is 21.2 Å². The van der Waals surface area contributed by atoms with Gasteiger partial charge in [0.25, 0.3) is 40.5 Å². The monoisotopic (exact) mass is 632 g/mol. The van der Waals surface area contributed by atoms with Crippen molar-refractivity contribution in [3.8, 4) is 0 Å². The molecule has 0 unspecified atom stereocenters. The summed E-state index contributed by atoms with van der Waals surface area (Å²) in [4.78, 5) is 10.3. The Morgan fingerprint density at radius 1 is 0.475 bits per heavy atom. The lowest BCUT2D eigenvalue weighted by molar-refractivity contribution is 0.262. The number of benzene rings is 4. The third kappa shape index (κ3) is 5.90. The summed E-state index contributed by atoms with van der Waals surface area (Å²) in [7, 11) is -19.2. The highest BCUT2D eigenvalue weighted by Gasteiger charge is 2.22. The van der Waals surface area contributed by atoms with Crippen molar-refractivity contribution >= 4 is 79.4 Å². The van der Waals surface area contributed by atoms with E-state index in [1.807, 2.05) is 0 Å². The third-order valence-electron chi connectivity index (χ3n) is 5.54. The standard InChI is InChI=1S/C21H16N2O13S4/c24-21(22-17-5-7-19(39(31,32)33)13-3-1-11(9-15(13)17)37(25,26)27)23-18-6-8-20(40(34,35)36)14-4-2-12(10-16(14)18)38(28,29)30/h1-10H,(H2,22,23,24)(H,25,26,27)(H,28,29,30)(H,31,32,33)(H,34,35,36). The van der Waals surface area contributed by atoms with Crippen LogP contribution in [0.25, 0.3) is 21.5 Å². The van der Waals surface area contributed by atoms with E-state index in [1.165, 1.54) is 0 Å². The number of amides is 2. The fourth-order valence-electron chi connectivity index (χ4n) is 3.86. The molecule has 19 heteroatoms. The van der Waals surface area contributed by atoms with Gasteiger partial charge in [0.1, 0.15) is 9.79 Å². The van der Waals surface area contributed by atoms with Crippen LogP contribution in [0.2, 0.25) is 0 Å². The second-order valence-corrected chi connectivity index (χ2v) is 13.7. The lowest BCUT2D eigenvalue weighted by Gasteiger charge is -2.15. The summed E-state index contributed by atoms with van der Waals surface area (Å²) >= 11 is 0. The average molecular weight is 633 g/mol. The summed E-state index contributed by atoms with van der Waals surface area (Å²) in [6.45, 7) is 0. The summed E-state index contributed by atoms with van der Waals surface area (Å²) in [5.74, 6) is 0. The lowest BCUT2D eigenvalue weighted by Crippen LogP contribution is -2.20. The highest BCUT2D eigenvalue weighted by Crippen LogP contribution is 2.34. The number of carbonyl (C=O) groups excluding carboxylic acids is 1. The van der Waals surface area contributed by atoms with E-state index in [0.717, 1.165) is 60.7 Å². The molecule has 0 aliphatic carbocycles. The molecular weight excluding hydrogens is 617 g/mol. The van der Waals surface area contributed by atoms with Gasteiger partial charge in [-0.25, -0.2) is 4.79 Å². The summed E-state index contributed by atoms with van der Waals surface area (Å²) in [5.41, 5.74) is -0.411. The highest BCUT2D eigenvalue weighted by molar-refractivity contribution is 7.86. The SMILES string of the molecule is O=C(Nc1ccc(S(=O)(=O)O)c2ccc(S(=O)(=O)O)cc12)Nc1ccc(S(=O)(=O)O)c2ccc(S(=O)(=O)O)cc12. The summed E-state index contributed by atoms with van der Waals surface area (Å²) in [6, 6.07) is 8.11. The second kappa shape index (κ2) is 9.74. The average Bonchev–Trinajstić information content (AvgIpc) is 2.81. The first kappa shape index (κ1) is 29.3. The van der Waals surface area contributed by atoms with E-state index in [0.29, 0.717) is 0 Å². The Labute approximate surface area is 226 Å². The first-order valence-corrected chi connectivity index (χ1v) is 16.1. The predicted octanol–water partition coefficient (Wildman–Crippen LogP) is 2.62. The predicted molar refractivity (Wildman–Crippen MR) is 140 cm³/mol. The van der Waals surface area contributed by atoms with Gasteiger partial charge in [0.15, 0.2) is 0 Å². The molecule has 2 amide bonds. The van der Waals surface area contributed by atoms with Gasteiger partial charge in [0, 0.05) is 21.5 Å². The number of urea groups is 1. The summed E-state index contributed by atoms with van der Waals surface area (Å²) in [5, 5.41) is 3.69. The van der Waals surface area contributed by atoms with Gasteiger partial charge in [-0.1, -0.05) is 12.1 Å². The molecule has 0 fully saturated rings. The van der Waals surface area contributed by atoms with Gasteiger partial charge in [-0.15, -0.1) is 0 Å². The normalized spacial score (nSPS) is 12.9. The Bertz CT molecular complexity index is 2020. The highest BCUT2D eigenvalue weighted by atomic mass is 32.2. The summed E-state index contributed by atoms with van der Waals surface area (Å²) < 4.78 is 131. The Kier molecular flexibility index (Phi) is 7.14. The molecule has 0 aliphatic heterocycles. The smallest absolute Gasteiger partial charge is 0.307 e. The molecule has 4 rings (SSSR count). The van der Waals surface area contributed by atoms with Gasteiger partial charge < -0.3 is 10.6 Å². The van der Waals surface area contributed by atoms with E-state index in [2.05, 4.69) is 10.6 Å². The largest absolute Gasteiger partial charge is 0.323 e. The molecule has 0 aliphatic rings. The second-order valence-electron chi connectivity index (χ2n) is 8.12. The molecule has 15 nitrogen and oxygen atoms in total. The number of carbonyl (C=O) groups is 1. The molecule has 0 atom stereocenters. The fourth-order valence-corrected chi connectivity index (χ4v) is 6.27. The van der Waals surface area contributed by atoms with E-state index in [-0.39, 0.29) is 32.9 Å². The quantitative estimate of drug-likeness (QED) is 0.167. The van der Waals surface area contributed by atoms with Gasteiger partial charge >= 0.3 is 6.03 Å². The minimum atomic E-state index is -4.81. The molecule has 6 N–H and O–H groups in total. The Morgan fingerprint density at radius 3 is 1.12 bits per heavy atom. The van der Waals surface area contributed by atoms with Gasteiger partial charge in [-0.2, -0.15) is 33.7 Å². The van der Waals surface area contributed by atoms with Crippen molar-refractivity contribution in [3.05, 3.63) is 60.7 Å². The molecule has 4 aromatic carbocycles. The van der Waals surface area contributed by atoms with E-state index in [1.54, 1.807) is 0 Å². The molecule has 0 bridgehead atoms. The number of hydrogen-bond acceptors (Lipinski definition) is 9. The van der Waals surface area contributed by atoms with E-state index < -0.39 is 66.1 Å². The van der Waals surface area contributed by atoms with Crippen molar-refractivity contribution in [2.45, 2.75) is 19.6 Å². The first-order chi connectivity index (χ1) is 18.3. The fraction of sp³-hybridized carbons (Fsp3) is 0. The van der Waals surface area contributed by atoms with Crippen LogP contribution < -0.4 is 10.6 Å². The minimum absolute atomic E-state index is 0.206. The molecule has 0 saturated carbocycles. The van der Waals surface area contributed by atoms with Crippen LogP contribution in [0.1, 0.15) is 0 Å². The van der Waals surface area contributed by atoms with Crippen LogP contribution in [-0.2, 0) is 40.5 Å². The zero-order valence-electron chi connectivity index (χ0n) is 19.4. The lowest BCUT2D eigenvalue weighted by atomic mass is 10.1. The van der Waals surface area contributed by atoms with Crippen molar-refractivity contribution in [1.82, 2.24) is 0 Å². The molecule has 4 aromatic rings. The van der Waals surface area contributed by atoms with Crippen LogP contribution in [0, 0.1) is 0 Å². The van der Waals surface area contributed by atoms with Crippen molar-refractivity contribution in [1.29, 1.82) is 0 Å². The maximum atomic E-state index is 12.9. The van der Waals surface area contributed by atoms with Crippen molar-refractivity contribution in [3.63, 3.8) is 0 Å². The zero-order valence-corrected chi connectivity index (χ0v) is 22.6. The van der Waals surface area contributed by atoms with Crippen LogP contribution in [-0.4, -0.2) is 57.9 Å². The number of hydrogen-bond donors (Lipinski definition) is 6. The van der Waals surface area contributed by atoms with Crippen molar-refractivity contribution in [2.75, 3.05) is 10.6 Å².